The third-order valence-corrected chi connectivity index (χ3v) is 6.30. The number of hydrogen-bond donors (Lipinski definition) is 1. The number of hydrogen-bond acceptors (Lipinski definition) is 4. The van der Waals surface area contributed by atoms with E-state index in [4.69, 9.17) is 0 Å². The average Bonchev–Trinajstić information content (AvgIpc) is 2.93. The predicted molar refractivity (Wildman–Crippen MR) is 79.1 cm³/mol. The van der Waals surface area contributed by atoms with Gasteiger partial charge in [0.25, 0.3) is 0 Å². The van der Waals surface area contributed by atoms with Crippen molar-refractivity contribution >= 4 is 27.3 Å². The number of nitrogens with zero attached hydrogens (tertiary/aromatic N) is 1. The first kappa shape index (κ1) is 15.5. The minimum absolute atomic E-state index is 0.00522. The SMILES string of the molecule is CC(C)C(=O)N1CCC(NS(=O)(=O)c2cccs2)CC1. The molecule has 1 N–H and O–H groups in total. The first-order valence-electron chi connectivity index (χ1n) is 6.75. The van der Waals surface area contributed by atoms with Crippen molar-refractivity contribution in [2.45, 2.75) is 36.9 Å². The zero-order chi connectivity index (χ0) is 14.8. The highest BCUT2D eigenvalue weighted by Crippen LogP contribution is 2.19. The van der Waals surface area contributed by atoms with Gasteiger partial charge in [0.05, 0.1) is 0 Å². The highest BCUT2D eigenvalue weighted by atomic mass is 32.2. The van der Waals surface area contributed by atoms with Crippen molar-refractivity contribution in [3.63, 3.8) is 0 Å². The van der Waals surface area contributed by atoms with Gasteiger partial charge in [-0.1, -0.05) is 19.9 Å². The van der Waals surface area contributed by atoms with Crippen LogP contribution in [0.2, 0.25) is 0 Å². The van der Waals surface area contributed by atoms with Crippen LogP contribution in [0.25, 0.3) is 0 Å². The average molecular weight is 316 g/mol. The van der Waals surface area contributed by atoms with Crippen molar-refractivity contribution in [2.75, 3.05) is 13.1 Å². The maximum atomic E-state index is 12.1. The van der Waals surface area contributed by atoms with Crippen LogP contribution in [0.4, 0.5) is 0 Å². The third-order valence-electron chi connectivity index (χ3n) is 3.38. The quantitative estimate of drug-likeness (QED) is 0.919. The van der Waals surface area contributed by atoms with Gasteiger partial charge in [0.2, 0.25) is 15.9 Å². The van der Waals surface area contributed by atoms with Gasteiger partial charge in [0.15, 0.2) is 0 Å². The van der Waals surface area contributed by atoms with E-state index in [9.17, 15) is 13.2 Å². The number of sulfonamides is 1. The summed E-state index contributed by atoms with van der Waals surface area (Å²) in [7, 11) is -3.41. The summed E-state index contributed by atoms with van der Waals surface area (Å²) in [4.78, 5) is 13.7. The molecule has 1 aliphatic heterocycles. The highest BCUT2D eigenvalue weighted by molar-refractivity contribution is 7.91. The van der Waals surface area contributed by atoms with Gasteiger partial charge in [-0.15, -0.1) is 11.3 Å². The van der Waals surface area contributed by atoms with E-state index in [1.807, 2.05) is 18.7 Å². The summed E-state index contributed by atoms with van der Waals surface area (Å²) in [5.41, 5.74) is 0. The molecule has 1 fully saturated rings. The zero-order valence-corrected chi connectivity index (χ0v) is 13.3. The molecule has 0 spiro atoms. The number of thiophene rings is 1. The number of amides is 1. The molecule has 1 aliphatic rings. The Bertz CT molecular complexity index is 544. The van der Waals surface area contributed by atoms with Crippen molar-refractivity contribution in [2.24, 2.45) is 5.92 Å². The molecule has 0 bridgehead atoms. The molecule has 0 radical (unpaired) electrons. The van der Waals surface area contributed by atoms with Crippen LogP contribution < -0.4 is 4.72 Å². The van der Waals surface area contributed by atoms with Crippen LogP contribution in [0.3, 0.4) is 0 Å². The van der Waals surface area contributed by atoms with Crippen LogP contribution in [-0.2, 0) is 14.8 Å². The lowest BCUT2D eigenvalue weighted by atomic mass is 10.0. The fraction of sp³-hybridized carbons (Fsp3) is 0.615. The molecule has 5 nitrogen and oxygen atoms in total. The van der Waals surface area contributed by atoms with Gasteiger partial charge in [-0.25, -0.2) is 13.1 Å². The lowest BCUT2D eigenvalue weighted by Gasteiger charge is -2.33. The van der Waals surface area contributed by atoms with Crippen molar-refractivity contribution in [3.8, 4) is 0 Å². The van der Waals surface area contributed by atoms with Crippen LogP contribution in [0, 0.1) is 5.92 Å². The Morgan fingerprint density at radius 1 is 1.40 bits per heavy atom. The minimum Gasteiger partial charge on any atom is -0.342 e. The van der Waals surface area contributed by atoms with Gasteiger partial charge >= 0.3 is 0 Å². The lowest BCUT2D eigenvalue weighted by molar-refractivity contribution is -0.135. The van der Waals surface area contributed by atoms with E-state index in [0.29, 0.717) is 30.1 Å². The summed E-state index contributed by atoms with van der Waals surface area (Å²) in [6.45, 7) is 5.01. The van der Waals surface area contributed by atoms with Crippen LogP contribution >= 0.6 is 11.3 Å². The molecule has 0 aromatic carbocycles. The Hall–Kier alpha value is -0.920. The summed E-state index contributed by atoms with van der Waals surface area (Å²) < 4.78 is 27.3. The van der Waals surface area contributed by atoms with E-state index >= 15 is 0 Å². The molecule has 1 aromatic heterocycles. The molecule has 2 rings (SSSR count). The van der Waals surface area contributed by atoms with E-state index in [1.54, 1.807) is 17.5 Å². The standard InChI is InChI=1S/C13H20N2O3S2/c1-10(2)13(16)15-7-5-11(6-8-15)14-20(17,18)12-4-3-9-19-12/h3-4,9-11,14H,5-8H2,1-2H3. The van der Waals surface area contributed by atoms with Crippen molar-refractivity contribution < 1.29 is 13.2 Å². The second-order valence-electron chi connectivity index (χ2n) is 5.31. The molecule has 0 atom stereocenters. The maximum absolute atomic E-state index is 12.1. The number of piperidine rings is 1. The fourth-order valence-corrected chi connectivity index (χ4v) is 4.59. The number of carbonyl (C=O) groups is 1. The van der Waals surface area contributed by atoms with Crippen molar-refractivity contribution in [1.82, 2.24) is 9.62 Å². The molecule has 20 heavy (non-hydrogen) atoms. The van der Waals surface area contributed by atoms with E-state index in [0.717, 1.165) is 0 Å². The van der Waals surface area contributed by atoms with E-state index in [1.165, 1.54) is 11.3 Å². The molecule has 1 amide bonds. The fourth-order valence-electron chi connectivity index (χ4n) is 2.28. The minimum atomic E-state index is -3.41. The predicted octanol–water partition coefficient (Wildman–Crippen LogP) is 1.67. The molecular weight excluding hydrogens is 296 g/mol. The maximum Gasteiger partial charge on any atom is 0.250 e. The van der Waals surface area contributed by atoms with Gasteiger partial charge in [-0.05, 0) is 24.3 Å². The Morgan fingerprint density at radius 2 is 2.05 bits per heavy atom. The van der Waals surface area contributed by atoms with Gasteiger partial charge in [0, 0.05) is 25.0 Å². The Labute approximate surface area is 124 Å². The zero-order valence-electron chi connectivity index (χ0n) is 11.7. The van der Waals surface area contributed by atoms with Gasteiger partial charge in [0.1, 0.15) is 4.21 Å². The smallest absolute Gasteiger partial charge is 0.250 e. The van der Waals surface area contributed by atoms with E-state index < -0.39 is 10.0 Å². The topological polar surface area (TPSA) is 66.5 Å². The van der Waals surface area contributed by atoms with Gasteiger partial charge < -0.3 is 4.90 Å². The van der Waals surface area contributed by atoms with Crippen LogP contribution in [0.1, 0.15) is 26.7 Å². The molecule has 0 aliphatic carbocycles. The molecule has 7 heteroatoms. The van der Waals surface area contributed by atoms with Crippen LogP contribution in [0.15, 0.2) is 21.7 Å². The number of likely N-dealkylation sites (tertiary alicyclic amines) is 1. The highest BCUT2D eigenvalue weighted by Gasteiger charge is 2.27. The number of carbonyl (C=O) groups excluding carboxylic acids is 1. The first-order chi connectivity index (χ1) is 9.40. The van der Waals surface area contributed by atoms with Crippen molar-refractivity contribution in [3.05, 3.63) is 17.5 Å². The Balaban J connectivity index is 1.91. The summed E-state index contributed by atoms with van der Waals surface area (Å²) in [5.74, 6) is 0.138. The molecule has 0 saturated carbocycles. The second-order valence-corrected chi connectivity index (χ2v) is 8.20. The third kappa shape index (κ3) is 3.59. The second kappa shape index (κ2) is 6.24. The lowest BCUT2D eigenvalue weighted by Crippen LogP contribution is -2.47. The number of rotatable bonds is 4. The van der Waals surface area contributed by atoms with Crippen LogP contribution in [-0.4, -0.2) is 38.4 Å². The Kier molecular flexibility index (Phi) is 4.82. The van der Waals surface area contributed by atoms with Crippen LogP contribution in [0.5, 0.6) is 0 Å². The molecule has 0 unspecified atom stereocenters. The molecule has 1 aromatic rings. The number of nitrogens with one attached hydrogen (secondary N) is 1. The molecule has 2 heterocycles. The van der Waals surface area contributed by atoms with Crippen molar-refractivity contribution in [1.29, 1.82) is 0 Å². The summed E-state index contributed by atoms with van der Waals surface area (Å²) in [6.07, 6.45) is 1.34. The largest absolute Gasteiger partial charge is 0.342 e. The van der Waals surface area contributed by atoms with Gasteiger partial charge in [-0.3, -0.25) is 4.79 Å². The summed E-state index contributed by atoms with van der Waals surface area (Å²) >= 11 is 1.21. The summed E-state index contributed by atoms with van der Waals surface area (Å²) in [6, 6.07) is 3.24. The molecule has 112 valence electrons. The van der Waals surface area contributed by atoms with Gasteiger partial charge in [-0.2, -0.15) is 0 Å². The monoisotopic (exact) mass is 316 g/mol. The summed E-state index contributed by atoms with van der Waals surface area (Å²) in [5, 5.41) is 1.75. The first-order valence-corrected chi connectivity index (χ1v) is 9.11. The molecular formula is C13H20N2O3S2. The van der Waals surface area contributed by atoms with E-state index in [-0.39, 0.29) is 17.9 Å². The Morgan fingerprint density at radius 3 is 2.55 bits per heavy atom. The van der Waals surface area contributed by atoms with E-state index in [2.05, 4.69) is 4.72 Å². The normalized spacial score (nSPS) is 17.6. The molecule has 1 saturated heterocycles.